The van der Waals surface area contributed by atoms with Gasteiger partial charge in [-0.25, -0.2) is 9.18 Å². The first-order valence-electron chi connectivity index (χ1n) is 11.4. The third-order valence-electron chi connectivity index (χ3n) is 6.75. The number of ether oxygens (including phenoxy) is 1. The lowest BCUT2D eigenvalue weighted by atomic mass is 9.96. The second kappa shape index (κ2) is 8.91. The summed E-state index contributed by atoms with van der Waals surface area (Å²) in [6.07, 6.45) is 2.06. The van der Waals surface area contributed by atoms with Crippen LogP contribution in [0.2, 0.25) is 0 Å². The second-order valence-electron chi connectivity index (χ2n) is 9.26. The molecule has 1 heterocycles. The largest absolute Gasteiger partial charge is 0.461 e. The molecule has 1 unspecified atom stereocenters. The molecule has 1 saturated heterocycles. The van der Waals surface area contributed by atoms with Gasteiger partial charge in [0.15, 0.2) is 0 Å². The molecule has 1 aliphatic heterocycles. The van der Waals surface area contributed by atoms with Crippen LogP contribution in [0, 0.1) is 25.1 Å². The third-order valence-corrected chi connectivity index (χ3v) is 7.99. The lowest BCUT2D eigenvalue weighted by molar-refractivity contribution is 0.0465. The molecule has 0 radical (unpaired) electrons. The van der Waals surface area contributed by atoms with Gasteiger partial charge in [-0.1, -0.05) is 42.0 Å². The normalized spacial score (nSPS) is 18.7. The van der Waals surface area contributed by atoms with E-state index in [-0.39, 0.29) is 22.6 Å². The number of carbonyl (C=O) groups is 1. The summed E-state index contributed by atoms with van der Waals surface area (Å²) in [4.78, 5) is 14.8. The highest BCUT2D eigenvalue weighted by molar-refractivity contribution is 8.00. The van der Waals surface area contributed by atoms with Gasteiger partial charge in [-0.15, -0.1) is 11.8 Å². The number of esters is 1. The molecule has 34 heavy (non-hydrogen) atoms. The van der Waals surface area contributed by atoms with Crippen molar-refractivity contribution in [1.82, 2.24) is 0 Å². The lowest BCUT2D eigenvalue weighted by Crippen LogP contribution is -2.28. The minimum Gasteiger partial charge on any atom is -0.461 e. The van der Waals surface area contributed by atoms with E-state index in [9.17, 15) is 9.18 Å². The molecular formula is C28H27FN2O2S. The Morgan fingerprint density at radius 1 is 1.09 bits per heavy atom. The third kappa shape index (κ3) is 4.34. The average Bonchev–Trinajstić information content (AvgIpc) is 3.53. The quantitative estimate of drug-likeness (QED) is 0.411. The van der Waals surface area contributed by atoms with Crippen LogP contribution in [-0.4, -0.2) is 24.2 Å². The topological polar surface area (TPSA) is 53.4 Å². The highest BCUT2D eigenvalue weighted by Crippen LogP contribution is 2.48. The van der Waals surface area contributed by atoms with Crippen LogP contribution in [0.15, 0.2) is 66.7 Å². The first-order chi connectivity index (χ1) is 16.4. The van der Waals surface area contributed by atoms with Crippen LogP contribution in [-0.2, 0) is 10.2 Å². The van der Waals surface area contributed by atoms with E-state index in [4.69, 9.17) is 10.1 Å². The summed E-state index contributed by atoms with van der Waals surface area (Å²) in [6.45, 7) is 4.40. The molecule has 2 fully saturated rings. The minimum absolute atomic E-state index is 0.0530. The van der Waals surface area contributed by atoms with Gasteiger partial charge in [0.2, 0.25) is 0 Å². The summed E-state index contributed by atoms with van der Waals surface area (Å²) in [7, 11) is 0. The number of halogens is 1. The maximum Gasteiger partial charge on any atom is 0.338 e. The number of anilines is 1. The molecular weight excluding hydrogens is 447 g/mol. The Balaban J connectivity index is 1.31. The molecule has 5 rings (SSSR count). The monoisotopic (exact) mass is 474 g/mol. The van der Waals surface area contributed by atoms with E-state index in [1.165, 1.54) is 23.3 Å². The first kappa shape index (κ1) is 22.7. The Morgan fingerprint density at radius 2 is 1.79 bits per heavy atom. The fourth-order valence-electron chi connectivity index (χ4n) is 4.50. The Labute approximate surface area is 203 Å². The summed E-state index contributed by atoms with van der Waals surface area (Å²) in [5.74, 6) is 0.468. The molecule has 0 bridgehead atoms. The van der Waals surface area contributed by atoms with Crippen molar-refractivity contribution in [2.24, 2.45) is 0 Å². The highest BCUT2D eigenvalue weighted by atomic mass is 32.2. The van der Waals surface area contributed by atoms with Gasteiger partial charge in [-0.2, -0.15) is 0 Å². The number of amidine groups is 1. The molecule has 1 aliphatic carbocycles. The molecule has 1 atom stereocenters. The smallest absolute Gasteiger partial charge is 0.338 e. The van der Waals surface area contributed by atoms with E-state index in [0.29, 0.717) is 23.8 Å². The minimum atomic E-state index is -0.325. The number of hydrogen-bond acceptors (Lipinski definition) is 4. The number of hydrogen-bond donors (Lipinski definition) is 1. The van der Waals surface area contributed by atoms with Gasteiger partial charge >= 0.3 is 5.97 Å². The molecule has 3 aromatic carbocycles. The van der Waals surface area contributed by atoms with E-state index in [2.05, 4.69) is 31.2 Å². The maximum atomic E-state index is 13.4. The Hall–Kier alpha value is -3.12. The molecule has 1 saturated carbocycles. The Morgan fingerprint density at radius 3 is 2.44 bits per heavy atom. The van der Waals surface area contributed by atoms with Crippen molar-refractivity contribution in [2.75, 3.05) is 17.3 Å². The van der Waals surface area contributed by atoms with Crippen LogP contribution in [0.4, 0.5) is 10.1 Å². The maximum absolute atomic E-state index is 13.4. The SMILES string of the molecule is Cc1ccc(C2(COC(=O)c3ccc(N4C(=N)CSC4c4ccc(F)cc4)c(C)c3)CC2)cc1. The van der Waals surface area contributed by atoms with Crippen molar-refractivity contribution in [2.45, 2.75) is 37.5 Å². The van der Waals surface area contributed by atoms with Crippen molar-refractivity contribution in [1.29, 1.82) is 5.41 Å². The molecule has 1 N–H and O–H groups in total. The Kier molecular flexibility index (Phi) is 5.94. The number of rotatable bonds is 6. The average molecular weight is 475 g/mol. The molecule has 6 heteroatoms. The summed E-state index contributed by atoms with van der Waals surface area (Å²) in [5, 5.41) is 8.37. The number of carbonyl (C=O) groups excluding carboxylic acids is 1. The van der Waals surface area contributed by atoms with E-state index in [1.807, 2.05) is 24.0 Å². The van der Waals surface area contributed by atoms with Crippen molar-refractivity contribution in [3.8, 4) is 0 Å². The van der Waals surface area contributed by atoms with Gasteiger partial charge in [-0.3, -0.25) is 5.41 Å². The summed E-state index contributed by atoms with van der Waals surface area (Å²) in [6, 6.07) is 20.4. The zero-order valence-corrected chi connectivity index (χ0v) is 20.1. The molecule has 4 nitrogen and oxygen atoms in total. The molecule has 2 aliphatic rings. The van der Waals surface area contributed by atoms with Crippen LogP contribution < -0.4 is 4.90 Å². The van der Waals surface area contributed by atoms with Gasteiger partial charge in [0.05, 0.1) is 11.3 Å². The summed E-state index contributed by atoms with van der Waals surface area (Å²) in [5.41, 5.74) is 5.63. The number of aryl methyl sites for hydroxylation is 2. The summed E-state index contributed by atoms with van der Waals surface area (Å²) >= 11 is 1.64. The van der Waals surface area contributed by atoms with Gasteiger partial charge in [-0.05, 0) is 73.7 Å². The zero-order chi connectivity index (χ0) is 23.9. The molecule has 0 aromatic heterocycles. The predicted molar refractivity (Wildman–Crippen MR) is 135 cm³/mol. The van der Waals surface area contributed by atoms with E-state index >= 15 is 0 Å². The van der Waals surface area contributed by atoms with Crippen LogP contribution in [0.5, 0.6) is 0 Å². The number of thioether (sulfide) groups is 1. The highest BCUT2D eigenvalue weighted by Gasteiger charge is 2.45. The van der Waals surface area contributed by atoms with E-state index in [0.717, 1.165) is 29.7 Å². The van der Waals surface area contributed by atoms with Crippen LogP contribution in [0.1, 0.15) is 50.8 Å². The fourth-order valence-corrected chi connectivity index (χ4v) is 5.70. The zero-order valence-electron chi connectivity index (χ0n) is 19.3. The van der Waals surface area contributed by atoms with E-state index in [1.54, 1.807) is 30.0 Å². The standard InChI is InChI=1S/C28H27FN2O2S/c1-18-3-8-22(9-4-18)28(13-14-28)17-33-27(32)21-7-12-24(19(2)15-21)31-25(30)16-34-26(31)20-5-10-23(29)11-6-20/h3-12,15,26,30H,13-14,16-17H2,1-2H3. The van der Waals surface area contributed by atoms with Crippen LogP contribution >= 0.6 is 11.8 Å². The Bertz CT molecular complexity index is 1240. The fraction of sp³-hybridized carbons (Fsp3) is 0.286. The van der Waals surface area contributed by atoms with Crippen LogP contribution in [0.25, 0.3) is 0 Å². The van der Waals surface area contributed by atoms with Gasteiger partial charge < -0.3 is 9.64 Å². The molecule has 3 aromatic rings. The first-order valence-corrected chi connectivity index (χ1v) is 12.5. The van der Waals surface area contributed by atoms with Gasteiger partial charge in [0.25, 0.3) is 0 Å². The van der Waals surface area contributed by atoms with Crippen molar-refractivity contribution in [3.63, 3.8) is 0 Å². The molecule has 174 valence electrons. The van der Waals surface area contributed by atoms with Crippen molar-refractivity contribution >= 4 is 29.3 Å². The number of nitrogens with one attached hydrogen (secondary N) is 1. The lowest BCUT2D eigenvalue weighted by Gasteiger charge is -2.27. The number of benzene rings is 3. The van der Waals surface area contributed by atoms with E-state index < -0.39 is 0 Å². The van der Waals surface area contributed by atoms with Crippen molar-refractivity contribution in [3.05, 3.63) is 100 Å². The molecule has 0 spiro atoms. The number of nitrogens with zero attached hydrogens (tertiary/aromatic N) is 1. The van der Waals surface area contributed by atoms with Crippen LogP contribution in [0.3, 0.4) is 0 Å². The van der Waals surface area contributed by atoms with Gasteiger partial charge in [0.1, 0.15) is 23.6 Å². The molecule has 0 amide bonds. The second-order valence-corrected chi connectivity index (χ2v) is 10.3. The summed E-state index contributed by atoms with van der Waals surface area (Å²) < 4.78 is 19.1. The predicted octanol–water partition coefficient (Wildman–Crippen LogP) is 6.56. The van der Waals surface area contributed by atoms with Gasteiger partial charge in [0, 0.05) is 11.1 Å². The van der Waals surface area contributed by atoms with Crippen molar-refractivity contribution < 1.29 is 13.9 Å².